The molecule has 2 aromatic rings. The van der Waals surface area contributed by atoms with Crippen LogP contribution in [0.25, 0.3) is 11.3 Å². The molecule has 0 aliphatic heterocycles. The Bertz CT molecular complexity index is 563. The van der Waals surface area contributed by atoms with Gasteiger partial charge in [0.2, 0.25) is 5.91 Å². The number of carbonyl (C=O) groups excluding carboxylic acids is 1. The number of hydrogen-bond acceptors (Lipinski definition) is 3. The fourth-order valence-electron chi connectivity index (χ4n) is 1.70. The lowest BCUT2D eigenvalue weighted by atomic mass is 10.1. The number of rotatable bonds is 5. The molecule has 2 N–H and O–H groups in total. The van der Waals surface area contributed by atoms with Gasteiger partial charge in [-0.25, -0.2) is 0 Å². The predicted octanol–water partition coefficient (Wildman–Crippen LogP) is 1.68. The van der Waals surface area contributed by atoms with Gasteiger partial charge in [0.1, 0.15) is 11.5 Å². The van der Waals surface area contributed by atoms with Crippen LogP contribution < -0.4 is 5.73 Å². The molecule has 1 heterocycles. The van der Waals surface area contributed by atoms with Gasteiger partial charge in [0.15, 0.2) is 0 Å². The zero-order valence-corrected chi connectivity index (χ0v) is 10.5. The van der Waals surface area contributed by atoms with Gasteiger partial charge in [-0.3, -0.25) is 9.00 Å². The molecule has 1 aromatic carbocycles. The molecule has 0 unspecified atom stereocenters. The first-order valence-corrected chi connectivity index (χ1v) is 6.90. The molecule has 0 aliphatic rings. The number of amides is 1. The van der Waals surface area contributed by atoms with E-state index in [0.717, 1.165) is 16.9 Å². The molecule has 0 aliphatic carbocycles. The molecule has 4 nitrogen and oxygen atoms in total. The lowest BCUT2D eigenvalue weighted by Gasteiger charge is -2.06. The van der Waals surface area contributed by atoms with Crippen molar-refractivity contribution in [2.24, 2.45) is 5.73 Å². The third kappa shape index (κ3) is 3.07. The van der Waals surface area contributed by atoms with E-state index in [2.05, 4.69) is 0 Å². The quantitative estimate of drug-likeness (QED) is 0.892. The second-order valence-corrected chi connectivity index (χ2v) is 5.29. The van der Waals surface area contributed by atoms with Crippen molar-refractivity contribution >= 4 is 16.7 Å². The van der Waals surface area contributed by atoms with Gasteiger partial charge in [-0.2, -0.15) is 0 Å². The van der Waals surface area contributed by atoms with Crippen LogP contribution in [0.5, 0.6) is 0 Å². The highest BCUT2D eigenvalue weighted by Crippen LogP contribution is 2.24. The Kier molecular flexibility index (Phi) is 3.94. The van der Waals surface area contributed by atoms with Gasteiger partial charge in [0.25, 0.3) is 0 Å². The van der Waals surface area contributed by atoms with Gasteiger partial charge in [0, 0.05) is 22.1 Å². The molecule has 0 saturated heterocycles. The molecule has 0 fully saturated rings. The van der Waals surface area contributed by atoms with Crippen molar-refractivity contribution in [2.45, 2.75) is 5.75 Å². The minimum absolute atomic E-state index is 0.119. The maximum Gasteiger partial charge on any atom is 0.230 e. The lowest BCUT2D eigenvalue weighted by Crippen LogP contribution is -2.20. The minimum atomic E-state index is -1.29. The summed E-state index contributed by atoms with van der Waals surface area (Å²) >= 11 is 0. The van der Waals surface area contributed by atoms with Crippen LogP contribution >= 0.6 is 0 Å². The van der Waals surface area contributed by atoms with E-state index in [-0.39, 0.29) is 5.75 Å². The van der Waals surface area contributed by atoms with Crippen molar-refractivity contribution in [3.05, 3.63) is 48.2 Å². The van der Waals surface area contributed by atoms with Gasteiger partial charge >= 0.3 is 0 Å². The summed E-state index contributed by atoms with van der Waals surface area (Å²) < 4.78 is 17.1. The van der Waals surface area contributed by atoms with E-state index >= 15 is 0 Å². The van der Waals surface area contributed by atoms with E-state index in [1.807, 2.05) is 30.3 Å². The monoisotopic (exact) mass is 263 g/mol. The number of nitrogens with two attached hydrogens (primary N) is 1. The zero-order chi connectivity index (χ0) is 13.0. The number of furan rings is 1. The van der Waals surface area contributed by atoms with Gasteiger partial charge in [-0.1, -0.05) is 24.3 Å². The molecule has 18 heavy (non-hydrogen) atoms. The normalized spacial score (nSPS) is 12.2. The van der Waals surface area contributed by atoms with Crippen LogP contribution in [0, 0.1) is 0 Å². The Hall–Kier alpha value is -1.88. The van der Waals surface area contributed by atoms with Crippen molar-refractivity contribution in [1.82, 2.24) is 0 Å². The van der Waals surface area contributed by atoms with Crippen molar-refractivity contribution in [2.75, 3.05) is 5.75 Å². The fourth-order valence-corrected chi connectivity index (χ4v) is 2.72. The van der Waals surface area contributed by atoms with Gasteiger partial charge in [-0.15, -0.1) is 0 Å². The first-order valence-electron chi connectivity index (χ1n) is 5.42. The van der Waals surface area contributed by atoms with Crippen LogP contribution in [0.1, 0.15) is 5.56 Å². The van der Waals surface area contributed by atoms with E-state index in [1.54, 1.807) is 12.3 Å². The van der Waals surface area contributed by atoms with E-state index in [9.17, 15) is 9.00 Å². The Morgan fingerprint density at radius 3 is 2.67 bits per heavy atom. The highest BCUT2D eigenvalue weighted by Gasteiger charge is 2.11. The van der Waals surface area contributed by atoms with E-state index in [0.29, 0.717) is 5.75 Å². The minimum Gasteiger partial charge on any atom is -0.464 e. The molecule has 2 rings (SSSR count). The smallest absolute Gasteiger partial charge is 0.230 e. The van der Waals surface area contributed by atoms with Crippen LogP contribution in [-0.4, -0.2) is 15.9 Å². The second-order valence-electron chi connectivity index (χ2n) is 3.83. The molecule has 1 aromatic heterocycles. The van der Waals surface area contributed by atoms with Crippen molar-refractivity contribution in [3.63, 3.8) is 0 Å². The van der Waals surface area contributed by atoms with Crippen LogP contribution in [0.4, 0.5) is 0 Å². The molecule has 0 spiro atoms. The molecule has 0 saturated carbocycles. The van der Waals surface area contributed by atoms with Crippen molar-refractivity contribution in [1.29, 1.82) is 0 Å². The van der Waals surface area contributed by atoms with Gasteiger partial charge in [0.05, 0.1) is 6.26 Å². The Morgan fingerprint density at radius 1 is 1.22 bits per heavy atom. The summed E-state index contributed by atoms with van der Waals surface area (Å²) in [5.41, 5.74) is 6.80. The first-order chi connectivity index (χ1) is 8.66. The SMILES string of the molecule is NC(=O)C[S@@](=O)Cc1ccccc1-c1ccco1. The average molecular weight is 263 g/mol. The van der Waals surface area contributed by atoms with Crippen LogP contribution in [0.3, 0.4) is 0 Å². The Morgan fingerprint density at radius 2 is 2.00 bits per heavy atom. The lowest BCUT2D eigenvalue weighted by molar-refractivity contribution is -0.115. The zero-order valence-electron chi connectivity index (χ0n) is 9.67. The van der Waals surface area contributed by atoms with Crippen LogP contribution in [0.2, 0.25) is 0 Å². The molecule has 0 radical (unpaired) electrons. The Labute approximate surface area is 107 Å². The van der Waals surface area contributed by atoms with Gasteiger partial charge in [-0.05, 0) is 17.7 Å². The maximum atomic E-state index is 11.7. The fraction of sp³-hybridized carbons (Fsp3) is 0.154. The topological polar surface area (TPSA) is 73.3 Å². The largest absolute Gasteiger partial charge is 0.464 e. The average Bonchev–Trinajstić information content (AvgIpc) is 2.81. The standard InChI is InChI=1S/C13H13NO3S/c14-13(15)9-18(16)8-10-4-1-2-5-11(10)12-6-3-7-17-12/h1-7H,8-9H2,(H2,14,15)/t18-/m0/s1. The van der Waals surface area contributed by atoms with Crippen LogP contribution in [-0.2, 0) is 21.3 Å². The molecule has 0 bridgehead atoms. The molecular weight excluding hydrogens is 250 g/mol. The van der Waals surface area contributed by atoms with E-state index in [4.69, 9.17) is 10.2 Å². The molecule has 5 heteroatoms. The number of hydrogen-bond donors (Lipinski definition) is 1. The first kappa shape index (κ1) is 12.6. The third-order valence-corrected chi connectivity index (χ3v) is 3.66. The van der Waals surface area contributed by atoms with Crippen molar-refractivity contribution in [3.8, 4) is 11.3 Å². The second kappa shape index (κ2) is 5.64. The molecule has 1 atom stereocenters. The Balaban J connectivity index is 2.23. The van der Waals surface area contributed by atoms with E-state index in [1.165, 1.54) is 0 Å². The predicted molar refractivity (Wildman–Crippen MR) is 70.1 cm³/mol. The molecular formula is C13H13NO3S. The van der Waals surface area contributed by atoms with Crippen molar-refractivity contribution < 1.29 is 13.4 Å². The highest BCUT2D eigenvalue weighted by molar-refractivity contribution is 7.84. The van der Waals surface area contributed by atoms with Crippen LogP contribution in [0.15, 0.2) is 47.1 Å². The number of benzene rings is 1. The number of primary amides is 1. The maximum absolute atomic E-state index is 11.7. The summed E-state index contributed by atoms with van der Waals surface area (Å²) in [5, 5.41) is 0. The summed E-state index contributed by atoms with van der Waals surface area (Å²) in [6.45, 7) is 0. The molecule has 1 amide bonds. The summed E-state index contributed by atoms with van der Waals surface area (Å²) in [5.74, 6) is 0.345. The number of carbonyl (C=O) groups is 1. The summed E-state index contributed by atoms with van der Waals surface area (Å²) in [6.07, 6.45) is 1.59. The third-order valence-electron chi connectivity index (χ3n) is 2.42. The molecule has 94 valence electrons. The summed E-state index contributed by atoms with van der Waals surface area (Å²) in [6, 6.07) is 11.2. The van der Waals surface area contributed by atoms with Gasteiger partial charge < -0.3 is 10.2 Å². The summed E-state index contributed by atoms with van der Waals surface area (Å²) in [7, 11) is -1.29. The van der Waals surface area contributed by atoms with E-state index < -0.39 is 16.7 Å². The summed E-state index contributed by atoms with van der Waals surface area (Å²) in [4.78, 5) is 10.7. The highest BCUT2D eigenvalue weighted by atomic mass is 32.2.